The van der Waals surface area contributed by atoms with E-state index in [1.165, 1.54) is 11.1 Å². The number of piperidine rings is 1. The number of carbonyl (C=O) groups excluding carboxylic acids is 1. The number of likely N-dealkylation sites (tertiary alicyclic amines) is 3. The first-order chi connectivity index (χ1) is 16.1. The molecule has 0 N–H and O–H groups in total. The van der Waals surface area contributed by atoms with Gasteiger partial charge in [-0.2, -0.15) is 0 Å². The lowest BCUT2D eigenvalue weighted by molar-refractivity contribution is -0.139. The van der Waals surface area contributed by atoms with E-state index in [1.54, 1.807) is 7.11 Å². The Morgan fingerprint density at radius 1 is 0.914 bits per heavy atom. The number of methoxy groups -OCH3 is 1. The van der Waals surface area contributed by atoms with E-state index in [2.05, 4.69) is 64.2 Å². The minimum Gasteiger partial charge on any atom is -0.497 e. The molecule has 192 valence electrons. The summed E-state index contributed by atoms with van der Waals surface area (Å²) in [6.45, 7) is 7.13. The molecule has 1 amide bonds. The van der Waals surface area contributed by atoms with Crippen molar-refractivity contribution in [1.29, 1.82) is 0 Å². The maximum absolute atomic E-state index is 13.4. The van der Waals surface area contributed by atoms with Crippen molar-refractivity contribution in [1.82, 2.24) is 14.7 Å². The summed E-state index contributed by atoms with van der Waals surface area (Å²) in [6, 6.07) is 19.1. The molecule has 3 heterocycles. The molecule has 7 heteroatoms. The van der Waals surface area contributed by atoms with Crippen LogP contribution in [0.15, 0.2) is 54.6 Å². The molecule has 2 aromatic carbocycles. The van der Waals surface area contributed by atoms with Crippen LogP contribution in [0.4, 0.5) is 0 Å². The fourth-order valence-electron chi connectivity index (χ4n) is 6.30. The maximum atomic E-state index is 13.4. The topological polar surface area (TPSA) is 36.0 Å². The van der Waals surface area contributed by atoms with E-state index in [0.717, 1.165) is 64.3 Å². The number of benzene rings is 2. The number of amides is 1. The van der Waals surface area contributed by atoms with Gasteiger partial charge < -0.3 is 19.4 Å². The molecule has 0 unspecified atom stereocenters. The van der Waals surface area contributed by atoms with Gasteiger partial charge in [0, 0.05) is 38.6 Å². The van der Waals surface area contributed by atoms with Gasteiger partial charge in [-0.3, -0.25) is 4.79 Å². The van der Waals surface area contributed by atoms with Gasteiger partial charge in [0.25, 0.3) is 0 Å². The van der Waals surface area contributed by atoms with Crippen LogP contribution < -0.4 is 4.74 Å². The first-order valence-corrected chi connectivity index (χ1v) is 12.4. The van der Waals surface area contributed by atoms with Gasteiger partial charge in [0.2, 0.25) is 5.91 Å². The van der Waals surface area contributed by atoms with Crippen molar-refractivity contribution in [2.45, 2.75) is 31.7 Å². The van der Waals surface area contributed by atoms with E-state index in [4.69, 9.17) is 4.74 Å². The van der Waals surface area contributed by atoms with Crippen LogP contribution in [-0.4, -0.2) is 74.0 Å². The van der Waals surface area contributed by atoms with Crippen LogP contribution in [0.1, 0.15) is 36.3 Å². The Balaban J connectivity index is 0.00000171. The molecule has 3 aliphatic rings. The smallest absolute Gasteiger partial charge is 0.229 e. The summed E-state index contributed by atoms with van der Waals surface area (Å²) in [5.74, 6) is 2.51. The van der Waals surface area contributed by atoms with E-state index >= 15 is 0 Å². The number of hydrogen-bond donors (Lipinski definition) is 0. The number of likely N-dealkylation sites (N-methyl/N-ethyl adjacent to an activating group) is 1. The van der Waals surface area contributed by atoms with Crippen LogP contribution in [0.25, 0.3) is 0 Å². The second kappa shape index (κ2) is 12.0. The van der Waals surface area contributed by atoms with Crippen molar-refractivity contribution in [3.63, 3.8) is 0 Å². The van der Waals surface area contributed by atoms with Gasteiger partial charge in [-0.05, 0) is 68.6 Å². The van der Waals surface area contributed by atoms with Crippen LogP contribution in [-0.2, 0) is 11.3 Å². The third kappa shape index (κ3) is 5.96. The second-order valence-electron chi connectivity index (χ2n) is 10.4. The van der Waals surface area contributed by atoms with Crippen molar-refractivity contribution in [3.8, 4) is 5.75 Å². The summed E-state index contributed by atoms with van der Waals surface area (Å²) in [5, 5.41) is 0. The molecule has 3 saturated heterocycles. The highest BCUT2D eigenvalue weighted by Gasteiger charge is 2.48. The molecule has 2 aromatic rings. The van der Waals surface area contributed by atoms with Crippen molar-refractivity contribution in [2.24, 2.45) is 11.3 Å². The van der Waals surface area contributed by atoms with Gasteiger partial charge in [-0.25, -0.2) is 0 Å². The van der Waals surface area contributed by atoms with E-state index < -0.39 is 0 Å². The number of hydrogen-bond acceptors (Lipinski definition) is 4. The lowest BCUT2D eigenvalue weighted by Crippen LogP contribution is -2.46. The van der Waals surface area contributed by atoms with Gasteiger partial charge in [0.05, 0.1) is 12.5 Å². The first-order valence-electron chi connectivity index (χ1n) is 12.4. The average Bonchev–Trinajstić information content (AvgIpc) is 3.36. The minimum absolute atomic E-state index is 0. The molecule has 35 heavy (non-hydrogen) atoms. The lowest BCUT2D eigenvalue weighted by Gasteiger charge is -2.39. The molecule has 2 atom stereocenters. The average molecular weight is 521 g/mol. The van der Waals surface area contributed by atoms with Crippen LogP contribution in [0, 0.1) is 11.3 Å². The van der Waals surface area contributed by atoms with E-state index in [-0.39, 0.29) is 30.2 Å². The number of nitrogens with zero attached hydrogens (tertiary/aromatic N) is 3. The highest BCUT2D eigenvalue weighted by atomic mass is 35.5. The van der Waals surface area contributed by atoms with Crippen LogP contribution in [0.2, 0.25) is 0 Å². The van der Waals surface area contributed by atoms with Gasteiger partial charge in [-0.15, -0.1) is 24.8 Å². The quantitative estimate of drug-likeness (QED) is 0.554. The van der Waals surface area contributed by atoms with E-state index in [1.807, 2.05) is 12.1 Å². The molecule has 0 radical (unpaired) electrons. The van der Waals surface area contributed by atoms with Crippen molar-refractivity contribution >= 4 is 30.7 Å². The number of ether oxygens (including phenoxy) is 1. The molecule has 5 rings (SSSR count). The Labute approximate surface area is 222 Å². The predicted octanol–water partition coefficient (Wildman–Crippen LogP) is 4.70. The molecule has 3 fully saturated rings. The molecule has 0 aromatic heterocycles. The molecule has 0 aliphatic carbocycles. The number of halogens is 2. The summed E-state index contributed by atoms with van der Waals surface area (Å²) in [6.07, 6.45) is 3.02. The fourth-order valence-corrected chi connectivity index (χ4v) is 6.30. The number of carbonyl (C=O) groups is 1. The minimum atomic E-state index is -0.131. The third-order valence-corrected chi connectivity index (χ3v) is 8.29. The second-order valence-corrected chi connectivity index (χ2v) is 10.4. The Morgan fingerprint density at radius 3 is 2.23 bits per heavy atom. The zero-order valence-corrected chi connectivity index (χ0v) is 22.5. The zero-order valence-electron chi connectivity index (χ0n) is 20.9. The summed E-state index contributed by atoms with van der Waals surface area (Å²) >= 11 is 0. The maximum Gasteiger partial charge on any atom is 0.229 e. The van der Waals surface area contributed by atoms with Crippen LogP contribution in [0.3, 0.4) is 0 Å². The predicted molar refractivity (Wildman–Crippen MR) is 146 cm³/mol. The monoisotopic (exact) mass is 519 g/mol. The Kier molecular flexibility index (Phi) is 9.50. The van der Waals surface area contributed by atoms with Crippen LogP contribution in [0.5, 0.6) is 5.75 Å². The van der Waals surface area contributed by atoms with E-state index in [9.17, 15) is 4.79 Å². The van der Waals surface area contributed by atoms with Gasteiger partial charge in [-0.1, -0.05) is 42.5 Å². The van der Waals surface area contributed by atoms with Gasteiger partial charge >= 0.3 is 0 Å². The molecule has 0 bridgehead atoms. The largest absolute Gasteiger partial charge is 0.497 e. The Hall–Kier alpha value is -1.79. The molecular weight excluding hydrogens is 481 g/mol. The molecule has 0 saturated carbocycles. The summed E-state index contributed by atoms with van der Waals surface area (Å²) in [5.41, 5.74) is 2.52. The van der Waals surface area contributed by atoms with Gasteiger partial charge in [0.15, 0.2) is 0 Å². The summed E-state index contributed by atoms with van der Waals surface area (Å²) < 4.78 is 5.26. The molecule has 1 spiro atoms. The van der Waals surface area contributed by atoms with Gasteiger partial charge in [0.1, 0.15) is 5.75 Å². The Morgan fingerprint density at radius 2 is 1.57 bits per heavy atom. The SMILES string of the molecule is COc1ccc(CN2CCC3(CCN(C[C@H]4CN(C)C[C@@H]4c4ccccc4)CC3)C2=O)cc1.Cl.Cl. The summed E-state index contributed by atoms with van der Waals surface area (Å²) in [4.78, 5) is 20.6. The van der Waals surface area contributed by atoms with Crippen molar-refractivity contribution < 1.29 is 9.53 Å². The standard InChI is InChI=1S/C28H37N3O2.2ClH/c1-29-19-24(26(21-29)23-6-4-3-5-7-23)20-30-15-12-28(13-16-30)14-17-31(27(28)32)18-22-8-10-25(33-2)11-9-22;;/h3-11,24,26H,12-21H2,1-2H3;2*1H/t24-,26-;;/m1../s1. The first kappa shape index (κ1) is 27.8. The van der Waals surface area contributed by atoms with Crippen molar-refractivity contribution in [3.05, 3.63) is 65.7 Å². The van der Waals surface area contributed by atoms with Crippen molar-refractivity contribution in [2.75, 3.05) is 53.4 Å². The summed E-state index contributed by atoms with van der Waals surface area (Å²) in [7, 11) is 3.93. The third-order valence-electron chi connectivity index (χ3n) is 8.29. The molecular formula is C28H39Cl2N3O2. The van der Waals surface area contributed by atoms with Crippen LogP contribution >= 0.6 is 24.8 Å². The lowest BCUT2D eigenvalue weighted by atomic mass is 9.76. The normalized spacial score (nSPS) is 24.3. The Bertz CT molecular complexity index is 948. The van der Waals surface area contributed by atoms with E-state index in [0.29, 0.717) is 24.3 Å². The molecule has 3 aliphatic heterocycles. The number of rotatable bonds is 6. The zero-order chi connectivity index (χ0) is 22.8. The highest BCUT2D eigenvalue weighted by Crippen LogP contribution is 2.43. The molecule has 5 nitrogen and oxygen atoms in total. The highest BCUT2D eigenvalue weighted by molar-refractivity contribution is 5.86. The fraction of sp³-hybridized carbons (Fsp3) is 0.536.